The maximum Gasteiger partial charge on any atom is 0.319 e. The van der Waals surface area contributed by atoms with E-state index in [0.29, 0.717) is 24.0 Å². The first kappa shape index (κ1) is 18.6. The number of hydrogen-bond donors (Lipinski definition) is 0. The molecule has 2 aromatic carbocycles. The number of carbonyl (C=O) groups excluding carboxylic acids is 1. The molecule has 1 saturated heterocycles. The molecule has 1 fully saturated rings. The van der Waals surface area contributed by atoms with Crippen molar-refractivity contribution in [3.8, 4) is 11.4 Å². The van der Waals surface area contributed by atoms with Crippen LogP contribution in [0.4, 0.5) is 0 Å². The van der Waals surface area contributed by atoms with Gasteiger partial charge in [0, 0.05) is 12.1 Å². The Morgan fingerprint density at radius 2 is 1.86 bits per heavy atom. The van der Waals surface area contributed by atoms with Gasteiger partial charge in [0.25, 0.3) is 0 Å². The smallest absolute Gasteiger partial charge is 0.319 e. The van der Waals surface area contributed by atoms with Gasteiger partial charge in [-0.2, -0.15) is 0 Å². The summed E-state index contributed by atoms with van der Waals surface area (Å²) in [5.41, 5.74) is 3.09. The second-order valence-corrected chi connectivity index (χ2v) is 7.81. The molecule has 2 heterocycles. The zero-order chi connectivity index (χ0) is 19.5. The minimum atomic E-state index is -0.251. The Kier molecular flexibility index (Phi) is 5.34. The molecule has 1 aromatic heterocycles. The molecule has 7 heteroatoms. The van der Waals surface area contributed by atoms with E-state index in [1.165, 1.54) is 11.8 Å². The number of cyclic esters (lactones) is 1. The summed E-state index contributed by atoms with van der Waals surface area (Å²) in [6.07, 6.45) is 0.680. The Morgan fingerprint density at radius 1 is 1.11 bits per heavy atom. The molecule has 1 atom stereocenters. The number of aryl methyl sites for hydroxylation is 2. The van der Waals surface area contributed by atoms with E-state index in [2.05, 4.69) is 10.2 Å². The topological polar surface area (TPSA) is 66.2 Å². The second kappa shape index (κ2) is 8.06. The predicted molar refractivity (Wildman–Crippen MR) is 107 cm³/mol. The molecule has 1 aliphatic rings. The first-order valence-corrected chi connectivity index (χ1v) is 10.0. The fourth-order valence-corrected chi connectivity index (χ4v) is 4.22. The van der Waals surface area contributed by atoms with Crippen molar-refractivity contribution in [1.29, 1.82) is 0 Å². The third kappa shape index (κ3) is 3.75. The number of hydrogen-bond acceptors (Lipinski definition) is 6. The van der Waals surface area contributed by atoms with Gasteiger partial charge >= 0.3 is 5.97 Å². The van der Waals surface area contributed by atoms with Crippen molar-refractivity contribution in [2.45, 2.75) is 37.3 Å². The maximum absolute atomic E-state index is 11.9. The number of aromatic nitrogens is 3. The van der Waals surface area contributed by atoms with Crippen molar-refractivity contribution >= 4 is 17.7 Å². The van der Waals surface area contributed by atoms with E-state index in [0.717, 1.165) is 22.6 Å². The summed E-state index contributed by atoms with van der Waals surface area (Å²) in [5, 5.41) is 9.10. The molecular formula is C21H21N3O3S. The Hall–Kier alpha value is -2.80. The molecule has 0 amide bonds. The van der Waals surface area contributed by atoms with Crippen molar-refractivity contribution < 1.29 is 14.3 Å². The van der Waals surface area contributed by atoms with Crippen LogP contribution in [0.5, 0.6) is 5.75 Å². The van der Waals surface area contributed by atoms with Crippen LogP contribution < -0.4 is 4.74 Å². The van der Waals surface area contributed by atoms with E-state index in [-0.39, 0.29) is 17.8 Å². The molecule has 4 rings (SSSR count). The fourth-order valence-electron chi connectivity index (χ4n) is 3.18. The van der Waals surface area contributed by atoms with Gasteiger partial charge in [-0.3, -0.25) is 9.36 Å². The first-order valence-electron chi connectivity index (χ1n) is 9.15. The fraction of sp³-hybridized carbons (Fsp3) is 0.286. The maximum atomic E-state index is 11.9. The number of carbonyl (C=O) groups is 1. The Labute approximate surface area is 167 Å². The normalized spacial score (nSPS) is 16.2. The van der Waals surface area contributed by atoms with Gasteiger partial charge in [0.15, 0.2) is 11.0 Å². The van der Waals surface area contributed by atoms with Crippen molar-refractivity contribution in [2.24, 2.45) is 0 Å². The Morgan fingerprint density at radius 3 is 2.54 bits per heavy atom. The van der Waals surface area contributed by atoms with E-state index in [1.807, 2.05) is 66.9 Å². The third-order valence-electron chi connectivity index (χ3n) is 4.60. The van der Waals surface area contributed by atoms with Gasteiger partial charge in [0.2, 0.25) is 0 Å². The summed E-state index contributed by atoms with van der Waals surface area (Å²) in [4.78, 5) is 11.9. The lowest BCUT2D eigenvalue weighted by Gasteiger charge is -2.14. The highest BCUT2D eigenvalue weighted by Crippen LogP contribution is 2.31. The number of esters is 1. The first-order chi connectivity index (χ1) is 13.6. The van der Waals surface area contributed by atoms with Crippen LogP contribution in [0.3, 0.4) is 0 Å². The highest BCUT2D eigenvalue weighted by atomic mass is 32.2. The van der Waals surface area contributed by atoms with E-state index in [9.17, 15) is 4.79 Å². The zero-order valence-electron chi connectivity index (χ0n) is 15.8. The molecule has 144 valence electrons. The predicted octanol–water partition coefficient (Wildman–Crippen LogP) is 3.87. The van der Waals surface area contributed by atoms with E-state index in [1.54, 1.807) is 0 Å². The van der Waals surface area contributed by atoms with Gasteiger partial charge in [-0.05, 0) is 37.1 Å². The summed E-state index contributed by atoms with van der Waals surface area (Å²) in [5.74, 6) is 1.35. The zero-order valence-corrected chi connectivity index (χ0v) is 16.6. The van der Waals surface area contributed by atoms with Crippen molar-refractivity contribution in [3.63, 3.8) is 0 Å². The minimum Gasteiger partial charge on any atom is -0.485 e. The Bertz CT molecular complexity index is 968. The molecule has 0 spiro atoms. The molecule has 0 radical (unpaired) electrons. The van der Waals surface area contributed by atoms with Crippen LogP contribution >= 0.6 is 11.8 Å². The lowest BCUT2D eigenvalue weighted by atomic mass is 10.1. The lowest BCUT2D eigenvalue weighted by Crippen LogP contribution is -2.12. The van der Waals surface area contributed by atoms with Crippen molar-refractivity contribution in [1.82, 2.24) is 14.8 Å². The van der Waals surface area contributed by atoms with Crippen LogP contribution in [0.1, 0.15) is 23.4 Å². The molecule has 0 saturated carbocycles. The number of benzene rings is 2. The molecule has 1 aliphatic heterocycles. The summed E-state index contributed by atoms with van der Waals surface area (Å²) < 4.78 is 13.1. The van der Waals surface area contributed by atoms with Gasteiger partial charge < -0.3 is 9.47 Å². The molecule has 6 nitrogen and oxygen atoms in total. The summed E-state index contributed by atoms with van der Waals surface area (Å²) in [6.45, 7) is 4.79. The van der Waals surface area contributed by atoms with Crippen molar-refractivity contribution in [2.75, 3.05) is 6.61 Å². The molecular weight excluding hydrogens is 374 g/mol. The third-order valence-corrected chi connectivity index (χ3v) is 5.79. The number of ether oxygens (including phenoxy) is 2. The van der Waals surface area contributed by atoms with E-state index < -0.39 is 0 Å². The van der Waals surface area contributed by atoms with Crippen LogP contribution in [-0.2, 0) is 16.1 Å². The summed E-state index contributed by atoms with van der Waals surface area (Å²) in [7, 11) is 0. The Balaban J connectivity index is 1.64. The molecule has 3 aromatic rings. The minimum absolute atomic E-state index is 0.194. The largest absolute Gasteiger partial charge is 0.485 e. The quantitative estimate of drug-likeness (QED) is 0.590. The lowest BCUT2D eigenvalue weighted by molar-refractivity contribution is -0.137. The van der Waals surface area contributed by atoms with Crippen LogP contribution in [0.2, 0.25) is 0 Å². The number of thioether (sulfide) groups is 1. The highest BCUT2D eigenvalue weighted by Gasteiger charge is 2.30. The van der Waals surface area contributed by atoms with Crippen LogP contribution in [0, 0.1) is 13.8 Å². The number of rotatable bonds is 6. The standard InChI is InChI=1S/C21H21N3O3S/c1-14-7-6-8-15(2)19(14)27-13-18-22-23-21(28-17-11-12-26-20(17)25)24(18)16-9-4-3-5-10-16/h3-10,17H,11-13H2,1-2H3/t17-/m1/s1. The summed E-state index contributed by atoms with van der Waals surface area (Å²) in [6, 6.07) is 15.9. The highest BCUT2D eigenvalue weighted by molar-refractivity contribution is 8.00. The average molecular weight is 395 g/mol. The average Bonchev–Trinajstić information content (AvgIpc) is 3.29. The van der Waals surface area contributed by atoms with E-state index in [4.69, 9.17) is 9.47 Å². The van der Waals surface area contributed by atoms with Gasteiger partial charge in [0.05, 0.1) is 6.61 Å². The molecule has 28 heavy (non-hydrogen) atoms. The van der Waals surface area contributed by atoms with Crippen molar-refractivity contribution in [3.05, 3.63) is 65.5 Å². The molecule has 0 N–H and O–H groups in total. The molecule has 0 bridgehead atoms. The number of nitrogens with zero attached hydrogens (tertiary/aromatic N) is 3. The molecule has 0 aliphatic carbocycles. The van der Waals surface area contributed by atoms with Crippen LogP contribution in [0.15, 0.2) is 53.7 Å². The van der Waals surface area contributed by atoms with Crippen LogP contribution in [0.25, 0.3) is 5.69 Å². The van der Waals surface area contributed by atoms with Gasteiger partial charge in [-0.1, -0.05) is 48.2 Å². The van der Waals surface area contributed by atoms with Gasteiger partial charge in [0.1, 0.15) is 17.6 Å². The van der Waals surface area contributed by atoms with Gasteiger partial charge in [-0.15, -0.1) is 10.2 Å². The molecule has 0 unspecified atom stereocenters. The monoisotopic (exact) mass is 395 g/mol. The van der Waals surface area contributed by atoms with Gasteiger partial charge in [-0.25, -0.2) is 0 Å². The van der Waals surface area contributed by atoms with Crippen LogP contribution in [-0.4, -0.2) is 32.6 Å². The summed E-state index contributed by atoms with van der Waals surface area (Å²) >= 11 is 1.39. The van der Waals surface area contributed by atoms with E-state index >= 15 is 0 Å². The number of para-hydroxylation sites is 2. The second-order valence-electron chi connectivity index (χ2n) is 6.64. The SMILES string of the molecule is Cc1cccc(C)c1OCc1nnc(S[C@@H]2CCOC2=O)n1-c1ccccc1.